The maximum atomic E-state index is 10.2. The van der Waals surface area contributed by atoms with Gasteiger partial charge in [-0.25, -0.2) is 0 Å². The Bertz CT molecular complexity index is 480. The summed E-state index contributed by atoms with van der Waals surface area (Å²) in [5, 5.41) is 14.5. The SMILES string of the molecule is Cc1cnn(CC2CCN(CC(O)COCC3CCCO3)CC2)c1. The summed E-state index contributed by atoms with van der Waals surface area (Å²) < 4.78 is 13.2. The first kappa shape index (κ1) is 17.9. The molecule has 24 heavy (non-hydrogen) atoms. The van der Waals surface area contributed by atoms with Crippen molar-refractivity contribution in [1.82, 2.24) is 14.7 Å². The predicted octanol–water partition coefficient (Wildman–Crippen LogP) is 1.46. The molecule has 0 amide bonds. The average Bonchev–Trinajstić information content (AvgIpc) is 3.21. The first-order valence-corrected chi connectivity index (χ1v) is 9.28. The number of aliphatic hydroxyl groups is 1. The van der Waals surface area contributed by atoms with E-state index in [1.807, 2.05) is 6.20 Å². The van der Waals surface area contributed by atoms with Crippen LogP contribution < -0.4 is 0 Å². The van der Waals surface area contributed by atoms with Gasteiger partial charge in [0.05, 0.1) is 31.6 Å². The van der Waals surface area contributed by atoms with E-state index in [2.05, 4.69) is 27.8 Å². The van der Waals surface area contributed by atoms with Gasteiger partial charge in [0.25, 0.3) is 0 Å². The molecule has 1 aromatic heterocycles. The van der Waals surface area contributed by atoms with Gasteiger partial charge >= 0.3 is 0 Å². The Kier molecular flexibility index (Phi) is 6.66. The quantitative estimate of drug-likeness (QED) is 0.778. The van der Waals surface area contributed by atoms with Crippen molar-refractivity contribution in [3.63, 3.8) is 0 Å². The van der Waals surface area contributed by atoms with Crippen molar-refractivity contribution in [3.05, 3.63) is 18.0 Å². The fourth-order valence-corrected chi connectivity index (χ4v) is 3.64. The molecule has 6 nitrogen and oxygen atoms in total. The smallest absolute Gasteiger partial charge is 0.0900 e. The van der Waals surface area contributed by atoms with Crippen LogP contribution in [0.15, 0.2) is 12.4 Å². The summed E-state index contributed by atoms with van der Waals surface area (Å²) in [4.78, 5) is 2.35. The van der Waals surface area contributed by atoms with Crippen molar-refractivity contribution in [1.29, 1.82) is 0 Å². The topological polar surface area (TPSA) is 59.8 Å². The molecule has 0 spiro atoms. The summed E-state index contributed by atoms with van der Waals surface area (Å²) in [6, 6.07) is 0. The Hall–Kier alpha value is -0.950. The second-order valence-corrected chi connectivity index (χ2v) is 7.31. The van der Waals surface area contributed by atoms with E-state index in [-0.39, 0.29) is 6.10 Å². The van der Waals surface area contributed by atoms with Crippen LogP contribution in [0.3, 0.4) is 0 Å². The van der Waals surface area contributed by atoms with Gasteiger partial charge in [-0.1, -0.05) is 0 Å². The van der Waals surface area contributed by atoms with Crippen LogP contribution >= 0.6 is 0 Å². The zero-order chi connectivity index (χ0) is 16.8. The van der Waals surface area contributed by atoms with Crippen molar-refractivity contribution in [3.8, 4) is 0 Å². The van der Waals surface area contributed by atoms with Crippen molar-refractivity contribution >= 4 is 0 Å². The zero-order valence-electron chi connectivity index (χ0n) is 14.8. The third kappa shape index (κ3) is 5.55. The predicted molar refractivity (Wildman–Crippen MR) is 91.9 cm³/mol. The summed E-state index contributed by atoms with van der Waals surface area (Å²) in [6.45, 7) is 7.77. The highest BCUT2D eigenvalue weighted by Crippen LogP contribution is 2.19. The molecule has 0 aliphatic carbocycles. The first-order valence-electron chi connectivity index (χ1n) is 9.28. The molecule has 136 valence electrons. The van der Waals surface area contributed by atoms with Crippen LogP contribution in [0.2, 0.25) is 0 Å². The Morgan fingerprint density at radius 3 is 2.88 bits per heavy atom. The van der Waals surface area contributed by atoms with E-state index >= 15 is 0 Å². The number of nitrogens with zero attached hydrogens (tertiary/aromatic N) is 3. The summed E-state index contributed by atoms with van der Waals surface area (Å²) in [5.74, 6) is 0.688. The monoisotopic (exact) mass is 337 g/mol. The van der Waals surface area contributed by atoms with E-state index in [4.69, 9.17) is 9.47 Å². The number of β-amino-alcohol motifs (C(OH)–C–C–N with tert-alkyl or cyclic N) is 1. The Morgan fingerprint density at radius 1 is 1.38 bits per heavy atom. The second-order valence-electron chi connectivity index (χ2n) is 7.31. The van der Waals surface area contributed by atoms with Crippen LogP contribution in [-0.2, 0) is 16.0 Å². The number of rotatable bonds is 8. The molecular formula is C18H31N3O3. The van der Waals surface area contributed by atoms with Crippen molar-refractivity contribution in [2.45, 2.75) is 51.4 Å². The molecule has 1 aromatic rings. The summed E-state index contributed by atoms with van der Waals surface area (Å²) in [5.41, 5.74) is 1.22. The van der Waals surface area contributed by atoms with E-state index in [0.29, 0.717) is 25.7 Å². The van der Waals surface area contributed by atoms with Crippen LogP contribution in [0.4, 0.5) is 0 Å². The van der Waals surface area contributed by atoms with Gasteiger partial charge in [-0.05, 0) is 57.2 Å². The van der Waals surface area contributed by atoms with Crippen molar-refractivity contribution in [2.75, 3.05) is 39.5 Å². The minimum absolute atomic E-state index is 0.235. The van der Waals surface area contributed by atoms with Crippen LogP contribution in [-0.4, -0.2) is 71.4 Å². The molecule has 0 bridgehead atoms. The summed E-state index contributed by atoms with van der Waals surface area (Å²) >= 11 is 0. The number of piperidine rings is 1. The lowest BCUT2D eigenvalue weighted by atomic mass is 9.96. The van der Waals surface area contributed by atoms with Gasteiger partial charge in [-0.15, -0.1) is 0 Å². The van der Waals surface area contributed by atoms with Gasteiger partial charge in [0, 0.05) is 25.9 Å². The van der Waals surface area contributed by atoms with Gasteiger partial charge in [-0.3, -0.25) is 4.68 Å². The lowest BCUT2D eigenvalue weighted by molar-refractivity contribution is -0.0276. The normalized spacial score (nSPS) is 24.5. The van der Waals surface area contributed by atoms with Gasteiger partial charge in [-0.2, -0.15) is 5.10 Å². The molecule has 0 saturated carbocycles. The second kappa shape index (κ2) is 8.94. The number of ether oxygens (including phenoxy) is 2. The van der Waals surface area contributed by atoms with E-state index < -0.39 is 6.10 Å². The molecule has 2 unspecified atom stereocenters. The van der Waals surface area contributed by atoms with Gasteiger partial charge in [0.1, 0.15) is 0 Å². The third-order valence-corrected chi connectivity index (χ3v) is 5.02. The van der Waals surface area contributed by atoms with Crippen molar-refractivity contribution in [2.24, 2.45) is 5.92 Å². The molecule has 3 rings (SSSR count). The highest BCUT2D eigenvalue weighted by atomic mass is 16.5. The third-order valence-electron chi connectivity index (χ3n) is 5.02. The fraction of sp³-hybridized carbons (Fsp3) is 0.833. The molecule has 1 N–H and O–H groups in total. The molecule has 2 aliphatic rings. The van der Waals surface area contributed by atoms with Gasteiger partial charge < -0.3 is 19.5 Å². The molecule has 2 aliphatic heterocycles. The van der Waals surface area contributed by atoms with E-state index in [0.717, 1.165) is 39.1 Å². The Labute approximate surface area is 144 Å². The Morgan fingerprint density at radius 2 is 2.21 bits per heavy atom. The molecule has 2 fully saturated rings. The average molecular weight is 337 g/mol. The molecule has 2 atom stereocenters. The molecule has 2 saturated heterocycles. The highest BCUT2D eigenvalue weighted by Gasteiger charge is 2.22. The van der Waals surface area contributed by atoms with Crippen LogP contribution in [0.1, 0.15) is 31.2 Å². The molecule has 6 heteroatoms. The van der Waals surface area contributed by atoms with Crippen LogP contribution in [0, 0.1) is 12.8 Å². The molecule has 0 radical (unpaired) electrons. The molecule has 3 heterocycles. The Balaban J connectivity index is 1.28. The fourth-order valence-electron chi connectivity index (χ4n) is 3.64. The van der Waals surface area contributed by atoms with E-state index in [1.165, 1.54) is 18.4 Å². The number of aryl methyl sites for hydroxylation is 1. The zero-order valence-corrected chi connectivity index (χ0v) is 14.8. The highest BCUT2D eigenvalue weighted by molar-refractivity contribution is 4.99. The maximum absolute atomic E-state index is 10.2. The van der Waals surface area contributed by atoms with Gasteiger partial charge in [0.2, 0.25) is 0 Å². The number of aliphatic hydroxyl groups excluding tert-OH is 1. The van der Waals surface area contributed by atoms with Crippen molar-refractivity contribution < 1.29 is 14.6 Å². The minimum Gasteiger partial charge on any atom is -0.389 e. The molecular weight excluding hydrogens is 306 g/mol. The number of aromatic nitrogens is 2. The first-order chi connectivity index (χ1) is 11.7. The standard InChI is InChI=1S/C18H31N3O3/c1-15-9-19-21(10-15)11-16-4-6-20(7-5-16)12-17(22)13-23-14-18-3-2-8-24-18/h9-10,16-18,22H,2-8,11-14H2,1H3. The largest absolute Gasteiger partial charge is 0.389 e. The van der Waals surface area contributed by atoms with Crippen LogP contribution in [0.5, 0.6) is 0 Å². The van der Waals surface area contributed by atoms with E-state index in [9.17, 15) is 5.11 Å². The maximum Gasteiger partial charge on any atom is 0.0900 e. The summed E-state index contributed by atoms with van der Waals surface area (Å²) in [6.07, 6.45) is 8.41. The van der Waals surface area contributed by atoms with Crippen LogP contribution in [0.25, 0.3) is 0 Å². The van der Waals surface area contributed by atoms with E-state index in [1.54, 1.807) is 0 Å². The van der Waals surface area contributed by atoms with Gasteiger partial charge in [0.15, 0.2) is 0 Å². The number of hydrogen-bond acceptors (Lipinski definition) is 5. The number of hydrogen-bond donors (Lipinski definition) is 1. The summed E-state index contributed by atoms with van der Waals surface area (Å²) in [7, 11) is 0. The lowest BCUT2D eigenvalue weighted by Gasteiger charge is -2.33. The molecule has 0 aromatic carbocycles. The minimum atomic E-state index is -0.406. The lowest BCUT2D eigenvalue weighted by Crippen LogP contribution is -2.41. The number of likely N-dealkylation sites (tertiary alicyclic amines) is 1.